The number of aryl methyl sites for hydroxylation is 1. The molecule has 57 heavy (non-hydrogen) atoms. The van der Waals surface area contributed by atoms with Crippen molar-refractivity contribution in [2.75, 3.05) is 13.2 Å². The van der Waals surface area contributed by atoms with Crippen molar-refractivity contribution in [3.05, 3.63) is 53.3 Å². The number of benzene rings is 1. The van der Waals surface area contributed by atoms with Crippen LogP contribution >= 0.6 is 0 Å². The molecule has 0 radical (unpaired) electrons. The standard InChI is InChI=1S/C45H77N3O9/c1-3-4-5-6-7-8-9-10-11-12-13-14-15-16-17-18-19-20-21-22-23-24-39(50)47-37(33-56-45-44(55)43(54)42(53)38(32-49)57-45)41(52)40(51)36-29-46-48(31-36)30-35-27-25-34(2)26-28-35/h25-29,31,37-38,40-45,49,51-55H,3-24,30,32-33H2,1-2H3,(H,47,50)/t37-,38+,40+,41-,42-,43-,44+,45-/m0/s1. The summed E-state index contributed by atoms with van der Waals surface area (Å²) in [6.45, 7) is 3.71. The summed E-state index contributed by atoms with van der Waals surface area (Å²) in [4.78, 5) is 13.1. The molecule has 0 spiro atoms. The number of nitrogens with one attached hydrogen (secondary N) is 1. The van der Waals surface area contributed by atoms with Crippen molar-refractivity contribution in [2.24, 2.45) is 0 Å². The molecule has 12 heteroatoms. The summed E-state index contributed by atoms with van der Waals surface area (Å²) in [5.41, 5.74) is 2.49. The van der Waals surface area contributed by atoms with Gasteiger partial charge in [-0.25, -0.2) is 0 Å². The number of hydrogen-bond donors (Lipinski definition) is 7. The second-order valence-electron chi connectivity index (χ2n) is 16.4. The van der Waals surface area contributed by atoms with Crippen LogP contribution in [0.4, 0.5) is 0 Å². The minimum Gasteiger partial charge on any atom is -0.394 e. The van der Waals surface area contributed by atoms with Crippen molar-refractivity contribution in [1.82, 2.24) is 15.1 Å². The molecular weight excluding hydrogens is 727 g/mol. The van der Waals surface area contributed by atoms with Gasteiger partial charge < -0.3 is 45.4 Å². The van der Waals surface area contributed by atoms with Gasteiger partial charge in [0, 0.05) is 18.2 Å². The molecule has 1 aromatic carbocycles. The van der Waals surface area contributed by atoms with E-state index in [4.69, 9.17) is 9.47 Å². The largest absolute Gasteiger partial charge is 0.394 e. The summed E-state index contributed by atoms with van der Waals surface area (Å²) >= 11 is 0. The Bertz CT molecular complexity index is 1310. The number of nitrogens with zero attached hydrogens (tertiary/aromatic N) is 2. The number of aliphatic hydroxyl groups excluding tert-OH is 6. The van der Waals surface area contributed by atoms with E-state index >= 15 is 0 Å². The highest BCUT2D eigenvalue weighted by atomic mass is 16.7. The van der Waals surface area contributed by atoms with Crippen molar-refractivity contribution < 1.29 is 44.9 Å². The fourth-order valence-corrected chi connectivity index (χ4v) is 7.54. The van der Waals surface area contributed by atoms with Crippen molar-refractivity contribution in [2.45, 2.75) is 211 Å². The first-order valence-electron chi connectivity index (χ1n) is 22.3. The fourth-order valence-electron chi connectivity index (χ4n) is 7.54. The quantitative estimate of drug-likeness (QED) is 0.0401. The SMILES string of the molecule is CCCCCCCCCCCCCCCCCCCCCCCC(=O)N[C@@H](CO[C@H]1O[C@H](CO)[C@H](O)[C@H](O)[C@H]1O)[C@H](O)[C@H](O)c1cnn(Cc2ccc(C)cc2)c1. The monoisotopic (exact) mass is 804 g/mol. The van der Waals surface area contributed by atoms with Gasteiger partial charge in [0.1, 0.15) is 36.6 Å². The number of amides is 1. The van der Waals surface area contributed by atoms with Crippen LogP contribution in [0, 0.1) is 6.92 Å². The maximum Gasteiger partial charge on any atom is 0.220 e. The fraction of sp³-hybridized carbons (Fsp3) is 0.778. The Morgan fingerprint density at radius 1 is 0.772 bits per heavy atom. The Hall–Kier alpha value is -2.42. The van der Waals surface area contributed by atoms with Crippen LogP contribution in [-0.4, -0.2) is 102 Å². The molecule has 0 aliphatic carbocycles. The summed E-state index contributed by atoms with van der Waals surface area (Å²) in [5.74, 6) is -0.323. The van der Waals surface area contributed by atoms with E-state index in [1.54, 1.807) is 10.9 Å². The van der Waals surface area contributed by atoms with E-state index in [0.717, 1.165) is 30.4 Å². The maximum absolute atomic E-state index is 13.1. The third-order valence-electron chi connectivity index (χ3n) is 11.3. The van der Waals surface area contributed by atoms with Gasteiger partial charge in [0.15, 0.2) is 6.29 Å². The molecule has 326 valence electrons. The average Bonchev–Trinajstić information content (AvgIpc) is 3.68. The number of hydrogen-bond acceptors (Lipinski definition) is 10. The minimum atomic E-state index is -1.65. The molecule has 2 heterocycles. The summed E-state index contributed by atoms with van der Waals surface area (Å²) in [7, 11) is 0. The van der Waals surface area contributed by atoms with Crippen LogP contribution in [0.25, 0.3) is 0 Å². The van der Waals surface area contributed by atoms with Crippen LogP contribution in [0.15, 0.2) is 36.7 Å². The molecule has 1 saturated heterocycles. The topological polar surface area (TPSA) is 187 Å². The number of carbonyl (C=O) groups excluding carboxylic acids is 1. The molecule has 2 aromatic rings. The Morgan fingerprint density at radius 3 is 1.79 bits per heavy atom. The van der Waals surface area contributed by atoms with Gasteiger partial charge >= 0.3 is 0 Å². The van der Waals surface area contributed by atoms with Crippen molar-refractivity contribution >= 4 is 5.91 Å². The predicted octanol–water partition coefficient (Wildman–Crippen LogP) is 6.54. The zero-order valence-corrected chi connectivity index (χ0v) is 35.1. The molecule has 0 bridgehead atoms. The van der Waals surface area contributed by atoms with Crippen LogP contribution < -0.4 is 5.32 Å². The Kier molecular flexibility index (Phi) is 24.8. The summed E-state index contributed by atoms with van der Waals surface area (Å²) < 4.78 is 12.8. The molecule has 1 aromatic heterocycles. The van der Waals surface area contributed by atoms with E-state index in [2.05, 4.69) is 17.3 Å². The number of aromatic nitrogens is 2. The van der Waals surface area contributed by atoms with Crippen LogP contribution in [0.2, 0.25) is 0 Å². The molecule has 1 amide bonds. The number of ether oxygens (including phenoxy) is 2. The van der Waals surface area contributed by atoms with E-state index < -0.39 is 62.2 Å². The van der Waals surface area contributed by atoms with Crippen LogP contribution in [-0.2, 0) is 20.8 Å². The highest BCUT2D eigenvalue weighted by Gasteiger charge is 2.44. The third-order valence-corrected chi connectivity index (χ3v) is 11.3. The molecule has 8 atom stereocenters. The molecule has 1 aliphatic rings. The summed E-state index contributed by atoms with van der Waals surface area (Å²) in [6, 6.07) is 6.86. The van der Waals surface area contributed by atoms with Crippen molar-refractivity contribution in [3.8, 4) is 0 Å². The van der Waals surface area contributed by atoms with E-state index in [1.165, 1.54) is 115 Å². The van der Waals surface area contributed by atoms with Crippen molar-refractivity contribution in [3.63, 3.8) is 0 Å². The second kappa shape index (κ2) is 28.9. The molecule has 1 aliphatic heterocycles. The van der Waals surface area contributed by atoms with E-state index in [1.807, 2.05) is 31.2 Å². The second-order valence-corrected chi connectivity index (χ2v) is 16.4. The lowest BCUT2D eigenvalue weighted by molar-refractivity contribution is -0.303. The van der Waals surface area contributed by atoms with E-state index in [0.29, 0.717) is 18.5 Å². The Labute approximate surface area is 342 Å². The first-order chi connectivity index (χ1) is 27.6. The number of aliphatic hydroxyl groups is 6. The lowest BCUT2D eigenvalue weighted by Gasteiger charge is -2.40. The van der Waals surface area contributed by atoms with Gasteiger partial charge in [-0.1, -0.05) is 165 Å². The first-order valence-corrected chi connectivity index (χ1v) is 22.3. The smallest absolute Gasteiger partial charge is 0.220 e. The van der Waals surface area contributed by atoms with E-state index in [9.17, 15) is 35.4 Å². The highest BCUT2D eigenvalue weighted by molar-refractivity contribution is 5.76. The van der Waals surface area contributed by atoms with Gasteiger partial charge in [-0.3, -0.25) is 9.48 Å². The van der Waals surface area contributed by atoms with Gasteiger partial charge in [-0.2, -0.15) is 5.10 Å². The highest BCUT2D eigenvalue weighted by Crippen LogP contribution is 2.25. The van der Waals surface area contributed by atoms with Gasteiger partial charge in [0.25, 0.3) is 0 Å². The summed E-state index contributed by atoms with van der Waals surface area (Å²) in [5, 5.41) is 70.0. The molecule has 3 rings (SSSR count). The number of carbonyl (C=O) groups is 1. The normalized spacial score (nSPS) is 21.4. The predicted molar refractivity (Wildman–Crippen MR) is 222 cm³/mol. The lowest BCUT2D eigenvalue weighted by atomic mass is 9.99. The Balaban J connectivity index is 1.34. The van der Waals surface area contributed by atoms with Crippen LogP contribution in [0.5, 0.6) is 0 Å². The molecule has 1 fully saturated rings. The molecule has 0 saturated carbocycles. The van der Waals surface area contributed by atoms with Crippen LogP contribution in [0.1, 0.15) is 171 Å². The van der Waals surface area contributed by atoms with Gasteiger partial charge in [0.05, 0.1) is 32.0 Å². The summed E-state index contributed by atoms with van der Waals surface area (Å²) in [6.07, 6.45) is 19.7. The van der Waals surface area contributed by atoms with Crippen LogP contribution in [0.3, 0.4) is 0 Å². The van der Waals surface area contributed by atoms with E-state index in [-0.39, 0.29) is 12.3 Å². The van der Waals surface area contributed by atoms with Crippen molar-refractivity contribution in [1.29, 1.82) is 0 Å². The average molecular weight is 804 g/mol. The lowest BCUT2D eigenvalue weighted by Crippen LogP contribution is -2.60. The first kappa shape index (κ1) is 48.9. The number of rotatable bonds is 32. The maximum atomic E-state index is 13.1. The molecule has 12 nitrogen and oxygen atoms in total. The minimum absolute atomic E-state index is 0.229. The van der Waals surface area contributed by atoms with Gasteiger partial charge in [-0.05, 0) is 18.9 Å². The number of unbranched alkanes of at least 4 members (excludes halogenated alkanes) is 20. The Morgan fingerprint density at radius 2 is 1.28 bits per heavy atom. The molecule has 7 N–H and O–H groups in total. The zero-order chi connectivity index (χ0) is 41.3. The third kappa shape index (κ3) is 19.0. The molecule has 0 unspecified atom stereocenters. The van der Waals surface area contributed by atoms with Gasteiger partial charge in [0.2, 0.25) is 5.91 Å². The zero-order valence-electron chi connectivity index (χ0n) is 35.1. The molecular formula is C45H77N3O9. The van der Waals surface area contributed by atoms with Gasteiger partial charge in [-0.15, -0.1) is 0 Å².